The molecule has 2 bridgehead atoms. The number of aryl methyl sites for hydroxylation is 1. The van der Waals surface area contributed by atoms with Crippen molar-refractivity contribution in [3.05, 3.63) is 58.1 Å². The van der Waals surface area contributed by atoms with Crippen molar-refractivity contribution < 1.29 is 8.78 Å². The second kappa shape index (κ2) is 12.7. The Morgan fingerprint density at radius 2 is 1.61 bits per heavy atom. The first kappa shape index (κ1) is 33.2. The molecule has 3 aromatic carbocycles. The van der Waals surface area contributed by atoms with Crippen LogP contribution in [0, 0.1) is 41.9 Å². The summed E-state index contributed by atoms with van der Waals surface area (Å²) in [5.74, 6) is 4.48. The maximum absolute atomic E-state index is 17.1. The Morgan fingerprint density at radius 1 is 0.957 bits per heavy atom. The molecule has 1 saturated heterocycles. The van der Waals surface area contributed by atoms with E-state index in [1.54, 1.807) is 6.07 Å². The Balaban J connectivity index is 1.62. The Labute approximate surface area is 282 Å². The van der Waals surface area contributed by atoms with Crippen LogP contribution in [0.2, 0.25) is 21.6 Å². The molecule has 0 radical (unpaired) electrons. The molecule has 4 aromatic rings. The molecular formula is C38H44ClF2N3SSi. The van der Waals surface area contributed by atoms with E-state index in [0.717, 1.165) is 29.9 Å². The van der Waals surface area contributed by atoms with E-state index in [1.807, 2.05) is 31.4 Å². The summed E-state index contributed by atoms with van der Waals surface area (Å²) < 4.78 is 33.0. The van der Waals surface area contributed by atoms with Crippen molar-refractivity contribution in [3.8, 4) is 22.6 Å². The Bertz CT molecular complexity index is 1860. The van der Waals surface area contributed by atoms with Crippen LogP contribution >= 0.6 is 23.4 Å². The minimum atomic E-state index is -2.18. The van der Waals surface area contributed by atoms with Gasteiger partial charge in [0.15, 0.2) is 11.0 Å². The number of hydrogen-bond acceptors (Lipinski definition) is 4. The van der Waals surface area contributed by atoms with Gasteiger partial charge in [-0.3, -0.25) is 0 Å². The van der Waals surface area contributed by atoms with E-state index < -0.39 is 19.7 Å². The Morgan fingerprint density at radius 3 is 2.22 bits per heavy atom. The summed E-state index contributed by atoms with van der Waals surface area (Å²) >= 11 is 8.48. The highest BCUT2D eigenvalue weighted by atomic mass is 35.5. The van der Waals surface area contributed by atoms with Crippen LogP contribution < -0.4 is 4.90 Å². The fourth-order valence-corrected chi connectivity index (χ4v) is 14.5. The van der Waals surface area contributed by atoms with Crippen LogP contribution in [0.3, 0.4) is 0 Å². The second-order valence-electron chi connectivity index (χ2n) is 14.4. The number of hydrogen-bond donors (Lipinski definition) is 0. The van der Waals surface area contributed by atoms with Crippen molar-refractivity contribution in [2.45, 2.75) is 89.5 Å². The number of aromatic nitrogens is 2. The second-order valence-corrected chi connectivity index (χ2v) is 21.2. The SMILES string of the molecule is CSc1nc(N2CC3CCC(C3)C2)c2cc(Cl)c(-c3cc(C)cc4ccc(F)c(C#C[Si](C(C)C)(C(C)C)C(C)C)c34)c(F)c2n1. The summed E-state index contributed by atoms with van der Waals surface area (Å²) in [6.45, 7) is 17.3. The molecular weight excluding hydrogens is 632 g/mol. The topological polar surface area (TPSA) is 29.0 Å². The monoisotopic (exact) mass is 675 g/mol. The zero-order chi connectivity index (χ0) is 33.1. The molecule has 8 heteroatoms. The van der Waals surface area contributed by atoms with Crippen LogP contribution in [0.15, 0.2) is 35.5 Å². The highest BCUT2D eigenvalue weighted by Gasteiger charge is 2.42. The number of piperidine rings is 1. The molecule has 2 atom stereocenters. The number of fused-ring (bicyclic) bond motifs is 4. The lowest BCUT2D eigenvalue weighted by Crippen LogP contribution is -2.43. The van der Waals surface area contributed by atoms with Gasteiger partial charge >= 0.3 is 0 Å². The van der Waals surface area contributed by atoms with Gasteiger partial charge in [-0.2, -0.15) is 0 Å². The quantitative estimate of drug-likeness (QED) is 0.0880. The zero-order valence-electron chi connectivity index (χ0n) is 28.2. The van der Waals surface area contributed by atoms with E-state index in [0.29, 0.717) is 55.5 Å². The van der Waals surface area contributed by atoms with Gasteiger partial charge < -0.3 is 4.90 Å². The van der Waals surface area contributed by atoms with Crippen molar-refractivity contribution in [2.75, 3.05) is 24.2 Å². The van der Waals surface area contributed by atoms with E-state index >= 15 is 8.78 Å². The van der Waals surface area contributed by atoms with Gasteiger partial charge in [-0.15, -0.1) is 5.54 Å². The molecule has 0 amide bonds. The molecule has 0 spiro atoms. The summed E-state index contributed by atoms with van der Waals surface area (Å²) in [5, 5.41) is 2.80. The molecule has 242 valence electrons. The molecule has 1 aromatic heterocycles. The number of rotatable bonds is 6. The van der Waals surface area contributed by atoms with Crippen LogP contribution in [0.1, 0.15) is 71.9 Å². The molecule has 0 N–H and O–H groups in total. The van der Waals surface area contributed by atoms with Crippen LogP contribution in [-0.4, -0.2) is 37.4 Å². The number of benzene rings is 3. The minimum Gasteiger partial charge on any atom is -0.355 e. The van der Waals surface area contributed by atoms with Crippen molar-refractivity contribution in [2.24, 2.45) is 11.8 Å². The van der Waals surface area contributed by atoms with Gasteiger partial charge in [0.25, 0.3) is 0 Å². The zero-order valence-corrected chi connectivity index (χ0v) is 30.8. The third-order valence-corrected chi connectivity index (χ3v) is 17.8. The Hall–Kier alpha value is -2.66. The average Bonchev–Trinajstić information content (AvgIpc) is 3.34. The first-order valence-corrected chi connectivity index (χ1v) is 20.4. The number of halogens is 3. The van der Waals surface area contributed by atoms with Gasteiger partial charge in [-0.1, -0.05) is 89.0 Å². The highest BCUT2D eigenvalue weighted by molar-refractivity contribution is 7.98. The molecule has 1 aliphatic carbocycles. The summed E-state index contributed by atoms with van der Waals surface area (Å²) in [5.41, 5.74) is 7.11. The normalized spacial score (nSPS) is 18.3. The summed E-state index contributed by atoms with van der Waals surface area (Å²) in [4.78, 5) is 11.9. The molecule has 3 nitrogen and oxygen atoms in total. The average molecular weight is 676 g/mol. The summed E-state index contributed by atoms with van der Waals surface area (Å²) in [6, 6.07) is 8.96. The van der Waals surface area contributed by atoms with Crippen molar-refractivity contribution >= 4 is 58.9 Å². The first-order valence-electron chi connectivity index (χ1n) is 16.6. The van der Waals surface area contributed by atoms with Gasteiger partial charge in [-0.25, -0.2) is 18.7 Å². The van der Waals surface area contributed by atoms with Crippen LogP contribution in [0.25, 0.3) is 32.8 Å². The van der Waals surface area contributed by atoms with Gasteiger partial charge in [0.1, 0.15) is 25.2 Å². The molecule has 2 heterocycles. The summed E-state index contributed by atoms with van der Waals surface area (Å²) in [6.07, 6.45) is 5.63. The lowest BCUT2D eigenvalue weighted by atomic mass is 9.91. The third-order valence-electron chi connectivity index (χ3n) is 10.7. The van der Waals surface area contributed by atoms with Crippen LogP contribution in [-0.2, 0) is 0 Å². The van der Waals surface area contributed by atoms with E-state index in [2.05, 4.69) is 57.9 Å². The minimum absolute atomic E-state index is 0.229. The van der Waals surface area contributed by atoms with E-state index in [-0.39, 0.29) is 16.1 Å². The number of thioether (sulfide) groups is 1. The predicted octanol–water partition coefficient (Wildman–Crippen LogP) is 11.2. The van der Waals surface area contributed by atoms with Crippen molar-refractivity contribution in [3.63, 3.8) is 0 Å². The lowest BCUT2D eigenvalue weighted by Gasteiger charge is -2.38. The van der Waals surface area contributed by atoms with Gasteiger partial charge in [0, 0.05) is 29.4 Å². The molecule has 2 unspecified atom stereocenters. The first-order chi connectivity index (χ1) is 21.8. The van der Waals surface area contributed by atoms with Gasteiger partial charge in [0.2, 0.25) is 0 Å². The smallest absolute Gasteiger partial charge is 0.189 e. The third kappa shape index (κ3) is 5.63. The molecule has 2 aliphatic rings. The van der Waals surface area contributed by atoms with Gasteiger partial charge in [-0.05, 0) is 89.5 Å². The van der Waals surface area contributed by atoms with E-state index in [4.69, 9.17) is 21.6 Å². The fourth-order valence-electron chi connectivity index (χ4n) is 8.63. The molecule has 6 rings (SSSR count). The Kier molecular flexibility index (Phi) is 9.21. The largest absolute Gasteiger partial charge is 0.355 e. The number of anilines is 1. The van der Waals surface area contributed by atoms with Crippen LogP contribution in [0.5, 0.6) is 0 Å². The maximum Gasteiger partial charge on any atom is 0.189 e. The molecule has 46 heavy (non-hydrogen) atoms. The summed E-state index contributed by atoms with van der Waals surface area (Å²) in [7, 11) is -2.18. The maximum atomic E-state index is 17.1. The van der Waals surface area contributed by atoms with Crippen molar-refractivity contribution in [1.82, 2.24) is 9.97 Å². The predicted molar refractivity (Wildman–Crippen MR) is 195 cm³/mol. The van der Waals surface area contributed by atoms with Crippen molar-refractivity contribution in [1.29, 1.82) is 0 Å². The van der Waals surface area contributed by atoms with Gasteiger partial charge in [0.05, 0.1) is 10.6 Å². The molecule has 1 aliphatic heterocycles. The van der Waals surface area contributed by atoms with E-state index in [9.17, 15) is 0 Å². The molecule has 1 saturated carbocycles. The fraction of sp³-hybridized carbons (Fsp3) is 0.474. The molecule has 2 fully saturated rings. The van der Waals surface area contributed by atoms with Crippen LogP contribution in [0.4, 0.5) is 14.6 Å². The lowest BCUT2D eigenvalue weighted by molar-refractivity contribution is 0.419. The highest BCUT2D eigenvalue weighted by Crippen LogP contribution is 2.45. The number of nitrogens with zero attached hydrogens (tertiary/aromatic N) is 3. The standard InChI is InChI=1S/C38H44ClF2N3SSi/c1-21(2)46(22(3)4,23(5)6)14-13-28-32(40)12-11-27-15-24(7)16-29(33(27)28)34-31(39)18-30-36(35(34)41)42-38(45-8)43-37(30)44-19-25-9-10-26(17-25)20-44/h11-12,15-16,18,21-23,25-26H,9-10,17,19-20H2,1-8H3. The van der Waals surface area contributed by atoms with E-state index in [1.165, 1.54) is 37.1 Å².